The molecule has 0 saturated carbocycles. The van der Waals surface area contributed by atoms with Crippen LogP contribution in [0.2, 0.25) is 0 Å². The Labute approximate surface area is 213 Å². The summed E-state index contributed by atoms with van der Waals surface area (Å²) in [6.45, 7) is 5.58. The summed E-state index contributed by atoms with van der Waals surface area (Å²) >= 11 is 3.37. The number of esters is 2. The summed E-state index contributed by atoms with van der Waals surface area (Å²) in [5.74, 6) is 0.878. The molecule has 2 heterocycles. The van der Waals surface area contributed by atoms with Crippen LogP contribution in [0.4, 0.5) is 0 Å². The molecule has 0 spiro atoms. The highest BCUT2D eigenvalue weighted by atomic mass is 32.2. The summed E-state index contributed by atoms with van der Waals surface area (Å²) in [6.07, 6.45) is 1.11. The molecular formula is C27H29NO5S2. The molecule has 184 valence electrons. The number of hydrogen-bond donors (Lipinski definition) is 1. The van der Waals surface area contributed by atoms with Crippen LogP contribution in [0, 0.1) is 0 Å². The minimum Gasteiger partial charge on any atom is -0.461 e. The maximum absolute atomic E-state index is 13.6. The van der Waals surface area contributed by atoms with Crippen LogP contribution in [-0.2, 0) is 19.1 Å². The van der Waals surface area contributed by atoms with Crippen molar-refractivity contribution in [1.82, 2.24) is 5.32 Å². The van der Waals surface area contributed by atoms with Crippen LogP contribution >= 0.6 is 23.1 Å². The zero-order valence-electron chi connectivity index (χ0n) is 20.1. The molecule has 8 heteroatoms. The molecule has 6 nitrogen and oxygen atoms in total. The van der Waals surface area contributed by atoms with Crippen molar-refractivity contribution in [2.75, 3.05) is 18.1 Å². The molecular weight excluding hydrogens is 482 g/mol. The third kappa shape index (κ3) is 5.70. The van der Waals surface area contributed by atoms with Crippen molar-refractivity contribution < 1.29 is 23.9 Å². The highest BCUT2D eigenvalue weighted by molar-refractivity contribution is 7.99. The zero-order valence-corrected chi connectivity index (χ0v) is 21.7. The second-order valence-corrected chi connectivity index (χ2v) is 10.9. The fourth-order valence-corrected chi connectivity index (χ4v) is 6.00. The predicted molar refractivity (Wildman–Crippen MR) is 139 cm³/mol. The van der Waals surface area contributed by atoms with Gasteiger partial charge in [-0.05, 0) is 48.2 Å². The molecule has 1 aromatic heterocycles. The SMILES string of the molecule is CCSCCOC(=O)C1=C(C)NC2=C(C(=O)C[C@@H](c3cccs3)C2)[C@H]1c1ccc(OC(C)=O)cc1. The number of thiophene rings is 1. The number of allylic oxidation sites excluding steroid dienone is 3. The molecule has 0 fully saturated rings. The number of Topliss-reactive ketones (excluding diaryl/α,β-unsaturated/α-hetero) is 1. The average molecular weight is 512 g/mol. The van der Waals surface area contributed by atoms with Crippen LogP contribution in [0.1, 0.15) is 55.9 Å². The summed E-state index contributed by atoms with van der Waals surface area (Å²) in [4.78, 5) is 39.4. The number of carbonyl (C=O) groups excluding carboxylic acids is 3. The monoisotopic (exact) mass is 511 g/mol. The second kappa shape index (κ2) is 11.3. The minimum absolute atomic E-state index is 0.0329. The van der Waals surface area contributed by atoms with Gasteiger partial charge in [0.25, 0.3) is 0 Å². The highest BCUT2D eigenvalue weighted by Gasteiger charge is 2.41. The Kier molecular flexibility index (Phi) is 8.13. The van der Waals surface area contributed by atoms with Gasteiger partial charge in [-0.15, -0.1) is 11.3 Å². The highest BCUT2D eigenvalue weighted by Crippen LogP contribution is 2.46. The first kappa shape index (κ1) is 25.3. The number of hydrogen-bond acceptors (Lipinski definition) is 8. The van der Waals surface area contributed by atoms with E-state index in [2.05, 4.69) is 18.3 Å². The first-order chi connectivity index (χ1) is 16.9. The van der Waals surface area contributed by atoms with E-state index in [0.29, 0.717) is 42.0 Å². The van der Waals surface area contributed by atoms with Crippen LogP contribution in [0.25, 0.3) is 0 Å². The van der Waals surface area contributed by atoms with Gasteiger partial charge in [0.05, 0.1) is 5.57 Å². The van der Waals surface area contributed by atoms with Gasteiger partial charge in [-0.1, -0.05) is 25.1 Å². The van der Waals surface area contributed by atoms with Gasteiger partial charge in [-0.25, -0.2) is 4.79 Å². The molecule has 1 N–H and O–H groups in total. The Hall–Kier alpha value is -2.84. The van der Waals surface area contributed by atoms with E-state index in [1.165, 1.54) is 11.8 Å². The first-order valence-corrected chi connectivity index (χ1v) is 13.7. The summed E-state index contributed by atoms with van der Waals surface area (Å²) in [5, 5.41) is 5.41. The number of ketones is 1. The molecule has 0 bridgehead atoms. The standard InChI is InChI=1S/C27H29NO5S2/c1-4-34-13-11-32-27(31)24-16(2)28-21-14-19(23-6-5-12-35-23)15-22(30)26(21)25(24)18-7-9-20(10-8-18)33-17(3)29/h5-10,12,19,25,28H,4,11,13-15H2,1-3H3/t19-,25-/m0/s1. The Bertz CT molecular complexity index is 1160. The number of thioether (sulfide) groups is 1. The van der Waals surface area contributed by atoms with E-state index >= 15 is 0 Å². The maximum Gasteiger partial charge on any atom is 0.336 e. The van der Waals surface area contributed by atoms with Gasteiger partial charge in [0.2, 0.25) is 0 Å². The van der Waals surface area contributed by atoms with E-state index in [1.807, 2.05) is 30.5 Å². The van der Waals surface area contributed by atoms with Gasteiger partial charge in [0, 0.05) is 52.8 Å². The summed E-state index contributed by atoms with van der Waals surface area (Å²) in [6, 6.07) is 11.1. The van der Waals surface area contributed by atoms with Crippen molar-refractivity contribution in [3.63, 3.8) is 0 Å². The van der Waals surface area contributed by atoms with Crippen molar-refractivity contribution in [3.05, 3.63) is 74.8 Å². The third-order valence-corrected chi connectivity index (χ3v) is 8.03. The predicted octanol–water partition coefficient (Wildman–Crippen LogP) is 5.33. The van der Waals surface area contributed by atoms with Crippen molar-refractivity contribution in [2.24, 2.45) is 0 Å². The topological polar surface area (TPSA) is 81.7 Å². The number of nitrogens with one attached hydrogen (secondary N) is 1. The molecule has 1 aromatic carbocycles. The van der Waals surface area contributed by atoms with E-state index in [4.69, 9.17) is 9.47 Å². The van der Waals surface area contributed by atoms with Crippen LogP contribution in [-0.4, -0.2) is 35.8 Å². The average Bonchev–Trinajstić information content (AvgIpc) is 3.36. The van der Waals surface area contributed by atoms with E-state index in [-0.39, 0.29) is 11.7 Å². The molecule has 2 aliphatic rings. The molecule has 2 atom stereocenters. The summed E-state index contributed by atoms with van der Waals surface area (Å²) in [5.41, 5.74) is 3.42. The fraction of sp³-hybridized carbons (Fsp3) is 0.370. The molecule has 0 unspecified atom stereocenters. The van der Waals surface area contributed by atoms with Gasteiger partial charge in [-0.2, -0.15) is 11.8 Å². The molecule has 0 saturated heterocycles. The lowest BCUT2D eigenvalue weighted by Crippen LogP contribution is -2.36. The quantitative estimate of drug-likeness (QED) is 0.291. The Morgan fingerprint density at radius 2 is 1.94 bits per heavy atom. The summed E-state index contributed by atoms with van der Waals surface area (Å²) in [7, 11) is 0. The lowest BCUT2D eigenvalue weighted by atomic mass is 9.72. The van der Waals surface area contributed by atoms with Crippen molar-refractivity contribution in [1.29, 1.82) is 0 Å². The van der Waals surface area contributed by atoms with Gasteiger partial charge in [0.15, 0.2) is 5.78 Å². The normalized spacial score (nSPS) is 19.8. The van der Waals surface area contributed by atoms with Crippen molar-refractivity contribution in [3.8, 4) is 5.75 Å². The van der Waals surface area contributed by atoms with E-state index in [0.717, 1.165) is 22.8 Å². The summed E-state index contributed by atoms with van der Waals surface area (Å²) < 4.78 is 10.8. The largest absolute Gasteiger partial charge is 0.461 e. The van der Waals surface area contributed by atoms with Gasteiger partial charge >= 0.3 is 11.9 Å². The van der Waals surface area contributed by atoms with Gasteiger partial charge in [0.1, 0.15) is 12.4 Å². The van der Waals surface area contributed by atoms with E-state index in [1.54, 1.807) is 35.2 Å². The van der Waals surface area contributed by atoms with Gasteiger partial charge in [-0.3, -0.25) is 9.59 Å². The number of carbonyl (C=O) groups is 3. The Morgan fingerprint density at radius 1 is 1.17 bits per heavy atom. The molecule has 35 heavy (non-hydrogen) atoms. The molecule has 4 rings (SSSR count). The van der Waals surface area contributed by atoms with Crippen LogP contribution < -0.4 is 10.1 Å². The number of dihydropyridines is 1. The number of benzene rings is 1. The van der Waals surface area contributed by atoms with Crippen LogP contribution in [0.15, 0.2) is 64.3 Å². The molecule has 1 aliphatic heterocycles. The van der Waals surface area contributed by atoms with Crippen molar-refractivity contribution in [2.45, 2.75) is 45.4 Å². The van der Waals surface area contributed by atoms with E-state index < -0.39 is 17.9 Å². The second-order valence-electron chi connectivity index (χ2n) is 8.53. The number of rotatable bonds is 8. The maximum atomic E-state index is 13.6. The Balaban J connectivity index is 1.70. The molecule has 0 amide bonds. The van der Waals surface area contributed by atoms with Crippen LogP contribution in [0.3, 0.4) is 0 Å². The first-order valence-electron chi connectivity index (χ1n) is 11.7. The Morgan fingerprint density at radius 3 is 2.60 bits per heavy atom. The fourth-order valence-electron chi connectivity index (χ4n) is 4.68. The lowest BCUT2D eigenvalue weighted by Gasteiger charge is -2.36. The lowest BCUT2D eigenvalue weighted by molar-refractivity contribution is -0.138. The smallest absolute Gasteiger partial charge is 0.336 e. The van der Waals surface area contributed by atoms with Crippen LogP contribution in [0.5, 0.6) is 5.75 Å². The molecule has 1 aliphatic carbocycles. The minimum atomic E-state index is -0.541. The molecule has 2 aromatic rings. The third-order valence-electron chi connectivity index (χ3n) is 6.13. The van der Waals surface area contributed by atoms with E-state index in [9.17, 15) is 14.4 Å². The molecule has 0 radical (unpaired) electrons. The zero-order chi connectivity index (χ0) is 24.9. The number of ether oxygens (including phenoxy) is 2. The van der Waals surface area contributed by atoms with Crippen molar-refractivity contribution >= 4 is 40.8 Å². The van der Waals surface area contributed by atoms with Gasteiger partial charge < -0.3 is 14.8 Å².